The minimum absolute atomic E-state index is 0.0619. The second-order valence-electron chi connectivity index (χ2n) is 3.27. The number of methoxy groups -OCH3 is 1. The molecule has 0 amide bonds. The fourth-order valence-corrected chi connectivity index (χ4v) is 1.37. The first-order chi connectivity index (χ1) is 6.49. The number of aromatic hydroxyl groups is 1. The molecule has 0 spiro atoms. The van der Waals surface area contributed by atoms with Gasteiger partial charge in [-0.15, -0.1) is 0 Å². The molecule has 0 heterocycles. The first kappa shape index (κ1) is 10.8. The third-order valence-corrected chi connectivity index (χ3v) is 2.11. The van der Waals surface area contributed by atoms with Crippen LogP contribution in [0.3, 0.4) is 0 Å². The van der Waals surface area contributed by atoms with Gasteiger partial charge in [-0.1, -0.05) is 0 Å². The number of nitrogens with two attached hydrogens (primary N) is 1. The molecule has 0 aliphatic rings. The quantitative estimate of drug-likeness (QED) is 0.764. The Labute approximate surface area is 82.3 Å². The summed E-state index contributed by atoms with van der Waals surface area (Å²) in [6, 6.07) is 1.22. The second-order valence-corrected chi connectivity index (χ2v) is 3.27. The van der Waals surface area contributed by atoms with E-state index in [1.165, 1.54) is 7.11 Å². The molecule has 0 aliphatic heterocycles. The fraction of sp³-hybridized carbons (Fsp3) is 0.400. The Morgan fingerprint density at radius 3 is 2.57 bits per heavy atom. The molecule has 4 heteroatoms. The largest absolute Gasteiger partial charge is 0.504 e. The van der Waals surface area contributed by atoms with Gasteiger partial charge < -0.3 is 15.6 Å². The van der Waals surface area contributed by atoms with E-state index in [9.17, 15) is 9.50 Å². The lowest BCUT2D eigenvalue weighted by Gasteiger charge is -2.13. The van der Waals surface area contributed by atoms with Gasteiger partial charge in [-0.25, -0.2) is 0 Å². The first-order valence-electron chi connectivity index (χ1n) is 4.30. The normalized spacial score (nSPS) is 12.6. The Balaban J connectivity index is 3.40. The molecule has 0 radical (unpaired) electrons. The van der Waals surface area contributed by atoms with Crippen LogP contribution in [0.5, 0.6) is 11.5 Å². The number of phenolic OH excluding ortho intramolecular Hbond substituents is 1. The maximum atomic E-state index is 13.5. The number of halogens is 1. The highest BCUT2D eigenvalue weighted by Gasteiger charge is 2.17. The minimum atomic E-state index is -0.750. The molecule has 3 nitrogen and oxygen atoms in total. The highest BCUT2D eigenvalue weighted by molar-refractivity contribution is 5.48. The molecule has 1 aromatic rings. The number of benzene rings is 1. The van der Waals surface area contributed by atoms with Crippen LogP contribution in [0.2, 0.25) is 0 Å². The summed E-state index contributed by atoms with van der Waals surface area (Å²) in [6.45, 7) is 3.38. The lowest BCUT2D eigenvalue weighted by Crippen LogP contribution is -2.07. The summed E-state index contributed by atoms with van der Waals surface area (Å²) in [5, 5.41) is 9.47. The second kappa shape index (κ2) is 3.84. The van der Waals surface area contributed by atoms with E-state index in [0.29, 0.717) is 11.1 Å². The summed E-state index contributed by atoms with van der Waals surface area (Å²) in [5.74, 6) is -1.12. The van der Waals surface area contributed by atoms with Crippen LogP contribution in [0.25, 0.3) is 0 Å². The number of hydrogen-bond donors (Lipinski definition) is 2. The van der Waals surface area contributed by atoms with Gasteiger partial charge in [0, 0.05) is 11.6 Å². The maximum absolute atomic E-state index is 13.5. The van der Waals surface area contributed by atoms with Crippen molar-refractivity contribution >= 4 is 0 Å². The summed E-state index contributed by atoms with van der Waals surface area (Å²) in [6.07, 6.45) is 0. The van der Waals surface area contributed by atoms with E-state index in [1.807, 2.05) is 0 Å². The van der Waals surface area contributed by atoms with E-state index in [1.54, 1.807) is 19.9 Å². The Morgan fingerprint density at radius 2 is 2.14 bits per heavy atom. The van der Waals surface area contributed by atoms with Gasteiger partial charge in [0.1, 0.15) is 0 Å². The van der Waals surface area contributed by atoms with Crippen LogP contribution in [0.1, 0.15) is 24.1 Å². The lowest BCUT2D eigenvalue weighted by atomic mass is 10.0. The van der Waals surface area contributed by atoms with Crippen LogP contribution in [0.4, 0.5) is 4.39 Å². The van der Waals surface area contributed by atoms with E-state index in [2.05, 4.69) is 0 Å². The Hall–Kier alpha value is -1.29. The monoisotopic (exact) mass is 199 g/mol. The van der Waals surface area contributed by atoms with Gasteiger partial charge in [0.2, 0.25) is 5.82 Å². The van der Waals surface area contributed by atoms with Gasteiger partial charge in [0.05, 0.1) is 7.11 Å². The molecule has 0 fully saturated rings. The van der Waals surface area contributed by atoms with Crippen LogP contribution in [0, 0.1) is 12.7 Å². The zero-order chi connectivity index (χ0) is 10.9. The van der Waals surface area contributed by atoms with E-state index >= 15 is 0 Å². The van der Waals surface area contributed by atoms with Gasteiger partial charge >= 0.3 is 0 Å². The van der Waals surface area contributed by atoms with Gasteiger partial charge in [0.25, 0.3) is 0 Å². The first-order valence-corrected chi connectivity index (χ1v) is 4.30. The summed E-state index contributed by atoms with van der Waals surface area (Å²) >= 11 is 0. The van der Waals surface area contributed by atoms with Crippen molar-refractivity contribution in [2.24, 2.45) is 5.73 Å². The topological polar surface area (TPSA) is 55.5 Å². The predicted molar refractivity (Wildman–Crippen MR) is 52.0 cm³/mol. The van der Waals surface area contributed by atoms with Crippen molar-refractivity contribution in [2.45, 2.75) is 19.9 Å². The predicted octanol–water partition coefficient (Wildman–Crippen LogP) is 1.87. The summed E-state index contributed by atoms with van der Waals surface area (Å²) in [4.78, 5) is 0. The summed E-state index contributed by atoms with van der Waals surface area (Å²) < 4.78 is 18.3. The van der Waals surface area contributed by atoms with Gasteiger partial charge in [0.15, 0.2) is 11.5 Å². The average molecular weight is 199 g/mol. The van der Waals surface area contributed by atoms with Gasteiger partial charge in [-0.3, -0.25) is 0 Å². The lowest BCUT2D eigenvalue weighted by molar-refractivity contribution is 0.358. The number of phenols is 1. The third-order valence-electron chi connectivity index (χ3n) is 2.11. The molecular formula is C10H14FNO2. The summed E-state index contributed by atoms with van der Waals surface area (Å²) in [7, 11) is 1.36. The molecule has 0 aromatic heterocycles. The number of hydrogen-bond acceptors (Lipinski definition) is 3. The van der Waals surface area contributed by atoms with Crippen molar-refractivity contribution in [3.8, 4) is 11.5 Å². The standard InChI is InChI=1S/C10H14FNO2/c1-5-4-7(6(2)12)9(13)8(11)10(5)14-3/h4,6,13H,12H2,1-3H3. The van der Waals surface area contributed by atoms with Crippen LogP contribution in [-0.4, -0.2) is 12.2 Å². The molecular weight excluding hydrogens is 185 g/mol. The molecule has 1 aromatic carbocycles. The zero-order valence-electron chi connectivity index (χ0n) is 8.47. The van der Waals surface area contributed by atoms with E-state index in [4.69, 9.17) is 10.5 Å². The highest BCUT2D eigenvalue weighted by Crippen LogP contribution is 2.34. The van der Waals surface area contributed by atoms with Crippen LogP contribution < -0.4 is 10.5 Å². The molecule has 3 N–H and O–H groups in total. The Bertz CT molecular complexity index is 350. The number of aryl methyl sites for hydroxylation is 1. The Kier molecular flexibility index (Phi) is 2.96. The minimum Gasteiger partial charge on any atom is -0.504 e. The fourth-order valence-electron chi connectivity index (χ4n) is 1.37. The maximum Gasteiger partial charge on any atom is 0.207 e. The van der Waals surface area contributed by atoms with Crippen molar-refractivity contribution in [3.63, 3.8) is 0 Å². The molecule has 14 heavy (non-hydrogen) atoms. The molecule has 1 rings (SSSR count). The van der Waals surface area contributed by atoms with Crippen molar-refractivity contribution in [1.82, 2.24) is 0 Å². The van der Waals surface area contributed by atoms with Gasteiger partial charge in [-0.05, 0) is 25.5 Å². The Morgan fingerprint density at radius 1 is 1.57 bits per heavy atom. The van der Waals surface area contributed by atoms with Crippen molar-refractivity contribution < 1.29 is 14.2 Å². The number of ether oxygens (including phenoxy) is 1. The van der Waals surface area contributed by atoms with Crippen LogP contribution >= 0.6 is 0 Å². The van der Waals surface area contributed by atoms with Gasteiger partial charge in [-0.2, -0.15) is 4.39 Å². The molecule has 1 unspecified atom stereocenters. The van der Waals surface area contributed by atoms with Crippen LogP contribution in [-0.2, 0) is 0 Å². The smallest absolute Gasteiger partial charge is 0.207 e. The molecule has 0 saturated heterocycles. The van der Waals surface area contributed by atoms with E-state index in [0.717, 1.165) is 0 Å². The molecule has 78 valence electrons. The van der Waals surface area contributed by atoms with Crippen LogP contribution in [0.15, 0.2) is 6.07 Å². The average Bonchev–Trinajstić information content (AvgIpc) is 2.12. The van der Waals surface area contributed by atoms with E-state index < -0.39 is 17.6 Å². The SMILES string of the molecule is COc1c(C)cc(C(C)N)c(O)c1F. The van der Waals surface area contributed by atoms with Crippen molar-refractivity contribution in [1.29, 1.82) is 0 Å². The number of rotatable bonds is 2. The summed E-state index contributed by atoms with van der Waals surface area (Å²) in [5.41, 5.74) is 6.59. The molecule has 0 saturated carbocycles. The zero-order valence-corrected chi connectivity index (χ0v) is 8.47. The van der Waals surface area contributed by atoms with Crippen molar-refractivity contribution in [3.05, 3.63) is 23.0 Å². The third kappa shape index (κ3) is 1.65. The molecule has 1 atom stereocenters. The molecule has 0 aliphatic carbocycles. The van der Waals surface area contributed by atoms with E-state index in [-0.39, 0.29) is 5.75 Å². The highest BCUT2D eigenvalue weighted by atomic mass is 19.1. The van der Waals surface area contributed by atoms with Crippen molar-refractivity contribution in [2.75, 3.05) is 7.11 Å². The molecule has 0 bridgehead atoms.